The van der Waals surface area contributed by atoms with Crippen molar-refractivity contribution in [2.75, 3.05) is 24.3 Å². The maximum Gasteiger partial charge on any atom is 0.451 e. The molecule has 13 heteroatoms. The van der Waals surface area contributed by atoms with Crippen molar-refractivity contribution in [2.24, 2.45) is 0 Å². The second-order valence-electron chi connectivity index (χ2n) is 8.09. The summed E-state index contributed by atoms with van der Waals surface area (Å²) in [5.41, 5.74) is 8.25. The van der Waals surface area contributed by atoms with Crippen LogP contribution in [0.15, 0.2) is 24.5 Å². The Morgan fingerprint density at radius 3 is 2.63 bits per heavy atom. The van der Waals surface area contributed by atoms with Gasteiger partial charge in [0.15, 0.2) is 5.82 Å². The largest absolute Gasteiger partial charge is 0.496 e. The van der Waals surface area contributed by atoms with Crippen molar-refractivity contribution < 1.29 is 22.6 Å². The number of alkyl halides is 3. The molecule has 0 atom stereocenters. The van der Waals surface area contributed by atoms with E-state index in [1.165, 1.54) is 6.33 Å². The summed E-state index contributed by atoms with van der Waals surface area (Å²) in [5.74, 6) is 1.19. The first-order valence-electron chi connectivity index (χ1n) is 10.6. The fraction of sp³-hybridized carbons (Fsp3) is 0.318. The second kappa shape index (κ2) is 8.25. The number of aromatic nitrogens is 6. The highest BCUT2D eigenvalue weighted by Crippen LogP contribution is 2.39. The van der Waals surface area contributed by atoms with Crippen LogP contribution < -0.4 is 20.1 Å². The summed E-state index contributed by atoms with van der Waals surface area (Å²) in [6, 6.07) is 5.40. The fourth-order valence-electron chi connectivity index (χ4n) is 4.14. The van der Waals surface area contributed by atoms with Crippen LogP contribution in [-0.2, 0) is 19.3 Å². The number of nitrogen functional groups attached to an aromatic ring is 1. The van der Waals surface area contributed by atoms with Gasteiger partial charge in [-0.1, -0.05) is 6.07 Å². The summed E-state index contributed by atoms with van der Waals surface area (Å²) in [4.78, 5) is 14.8. The highest BCUT2D eigenvalue weighted by atomic mass is 19.4. The molecule has 0 aliphatic carbocycles. The Hall–Kier alpha value is -4.16. The average molecular weight is 486 g/mol. The molecular weight excluding hydrogens is 465 g/mol. The third-order valence-electron chi connectivity index (χ3n) is 5.90. The molecule has 0 amide bonds. The van der Waals surface area contributed by atoms with E-state index in [0.29, 0.717) is 28.2 Å². The van der Waals surface area contributed by atoms with Crippen LogP contribution in [0, 0.1) is 13.8 Å². The number of benzene rings is 1. The Morgan fingerprint density at radius 2 is 1.89 bits per heavy atom. The van der Waals surface area contributed by atoms with Crippen LogP contribution in [0.25, 0.3) is 10.9 Å². The van der Waals surface area contributed by atoms with E-state index in [4.69, 9.17) is 15.2 Å². The van der Waals surface area contributed by atoms with E-state index < -0.39 is 12.0 Å². The number of hydrogen-bond acceptors (Lipinski definition) is 9. The van der Waals surface area contributed by atoms with Crippen LogP contribution in [0.5, 0.6) is 17.4 Å². The molecule has 4 aromatic rings. The first kappa shape index (κ1) is 22.6. The summed E-state index contributed by atoms with van der Waals surface area (Å²) in [6.45, 7) is 4.14. The molecule has 10 nitrogen and oxygen atoms in total. The molecule has 5 rings (SSSR count). The highest BCUT2D eigenvalue weighted by molar-refractivity contribution is 5.94. The molecule has 2 N–H and O–H groups in total. The topological polar surface area (TPSA) is 117 Å². The van der Waals surface area contributed by atoms with Gasteiger partial charge in [-0.2, -0.15) is 18.2 Å². The molecule has 0 spiro atoms. The number of rotatable bonds is 4. The van der Waals surface area contributed by atoms with Gasteiger partial charge in [-0.3, -0.25) is 0 Å². The molecule has 0 unspecified atom stereocenters. The van der Waals surface area contributed by atoms with Gasteiger partial charge in [-0.15, -0.1) is 10.2 Å². The van der Waals surface area contributed by atoms with E-state index in [9.17, 15) is 13.2 Å². The Bertz CT molecular complexity index is 1440. The zero-order chi connectivity index (χ0) is 24.9. The average Bonchev–Trinajstić information content (AvgIpc) is 3.25. The van der Waals surface area contributed by atoms with E-state index >= 15 is 0 Å². The number of methoxy groups -OCH3 is 1. The van der Waals surface area contributed by atoms with Crippen LogP contribution in [0.3, 0.4) is 0 Å². The first-order valence-corrected chi connectivity index (χ1v) is 10.6. The zero-order valence-corrected chi connectivity index (χ0v) is 19.1. The highest BCUT2D eigenvalue weighted by Gasteiger charge is 2.39. The zero-order valence-electron chi connectivity index (χ0n) is 19.1. The Labute approximate surface area is 197 Å². The third kappa shape index (κ3) is 3.92. The lowest BCUT2D eigenvalue weighted by Crippen LogP contribution is -2.35. The van der Waals surface area contributed by atoms with Gasteiger partial charge in [0.25, 0.3) is 0 Å². The van der Waals surface area contributed by atoms with Gasteiger partial charge in [0.1, 0.15) is 34.8 Å². The molecular formula is C22H21F3N8O2. The van der Waals surface area contributed by atoms with Crippen molar-refractivity contribution in [3.63, 3.8) is 0 Å². The molecule has 0 saturated carbocycles. The summed E-state index contributed by atoms with van der Waals surface area (Å²) in [7, 11) is 1.57. The van der Waals surface area contributed by atoms with Crippen LogP contribution >= 0.6 is 0 Å². The predicted molar refractivity (Wildman–Crippen MR) is 120 cm³/mol. The summed E-state index contributed by atoms with van der Waals surface area (Å²) in [6.07, 6.45) is -3.24. The number of halogens is 3. The normalized spacial score (nSPS) is 13.7. The molecule has 3 aromatic heterocycles. The Balaban J connectivity index is 1.58. The number of nitrogens with two attached hydrogens (primary N) is 1. The van der Waals surface area contributed by atoms with Crippen molar-refractivity contribution in [3.05, 3.63) is 47.3 Å². The number of ether oxygens (including phenoxy) is 2. The van der Waals surface area contributed by atoms with Gasteiger partial charge in [0.2, 0.25) is 11.7 Å². The summed E-state index contributed by atoms with van der Waals surface area (Å²) in [5, 5.41) is 7.50. The smallest absolute Gasteiger partial charge is 0.451 e. The maximum atomic E-state index is 13.2. The number of pyridine rings is 1. The lowest BCUT2D eigenvalue weighted by molar-refractivity contribution is -0.147. The van der Waals surface area contributed by atoms with Crippen molar-refractivity contribution >= 4 is 22.5 Å². The molecule has 1 aromatic carbocycles. The molecule has 1 aliphatic heterocycles. The minimum atomic E-state index is -4.57. The molecule has 35 heavy (non-hydrogen) atoms. The standard InChI is InChI=1S/C22H21F3N8O2/c1-11-4-5-14(34-3)12(2)18(11)35-20-17-13(27-10-28-19(17)26)8-15(29-20)32-6-7-33-16(9-32)30-31-21(33)22(23,24)25/h4-5,8,10H,6-7,9H2,1-3H3,(H2,26,27,28). The second-order valence-corrected chi connectivity index (χ2v) is 8.09. The Kier molecular flexibility index (Phi) is 5.33. The maximum absolute atomic E-state index is 13.2. The van der Waals surface area contributed by atoms with Crippen LogP contribution in [0.4, 0.5) is 24.8 Å². The molecule has 0 bridgehead atoms. The van der Waals surface area contributed by atoms with Gasteiger partial charge in [-0.25, -0.2) is 9.97 Å². The third-order valence-corrected chi connectivity index (χ3v) is 5.90. The van der Waals surface area contributed by atoms with Crippen molar-refractivity contribution in [3.8, 4) is 17.4 Å². The summed E-state index contributed by atoms with van der Waals surface area (Å²) < 4.78 is 52.4. The summed E-state index contributed by atoms with van der Waals surface area (Å²) >= 11 is 0. The molecule has 0 saturated heterocycles. The molecule has 1 aliphatic rings. The molecule has 0 fully saturated rings. The number of fused-ring (bicyclic) bond motifs is 2. The first-order chi connectivity index (χ1) is 16.7. The monoisotopic (exact) mass is 486 g/mol. The van der Waals surface area contributed by atoms with Gasteiger partial charge < -0.3 is 24.7 Å². The van der Waals surface area contributed by atoms with E-state index in [0.717, 1.165) is 15.7 Å². The van der Waals surface area contributed by atoms with E-state index in [1.54, 1.807) is 18.1 Å². The minimum Gasteiger partial charge on any atom is -0.496 e. The van der Waals surface area contributed by atoms with Gasteiger partial charge in [0.05, 0.1) is 19.2 Å². The van der Waals surface area contributed by atoms with E-state index in [1.807, 2.05) is 26.0 Å². The van der Waals surface area contributed by atoms with Gasteiger partial charge >= 0.3 is 6.18 Å². The SMILES string of the molecule is COc1ccc(C)c(Oc2nc(N3CCn4c(nnc4C(F)(F)F)C3)cc3ncnc(N)c23)c1C. The van der Waals surface area contributed by atoms with Gasteiger partial charge in [0, 0.05) is 24.7 Å². The number of nitrogens with zero attached hydrogens (tertiary/aromatic N) is 7. The lowest BCUT2D eigenvalue weighted by Gasteiger charge is -2.29. The van der Waals surface area contributed by atoms with Crippen LogP contribution in [0.2, 0.25) is 0 Å². The van der Waals surface area contributed by atoms with E-state index in [2.05, 4.69) is 25.1 Å². The van der Waals surface area contributed by atoms with Crippen LogP contribution in [-0.4, -0.2) is 43.4 Å². The number of aryl methyl sites for hydroxylation is 1. The van der Waals surface area contributed by atoms with Crippen molar-refractivity contribution in [2.45, 2.75) is 33.1 Å². The lowest BCUT2D eigenvalue weighted by atomic mass is 10.1. The van der Waals surface area contributed by atoms with Crippen molar-refractivity contribution in [1.82, 2.24) is 29.7 Å². The minimum absolute atomic E-state index is 0.0487. The molecule has 182 valence electrons. The molecule has 0 radical (unpaired) electrons. The fourth-order valence-corrected chi connectivity index (χ4v) is 4.14. The quantitative estimate of drug-likeness (QED) is 0.461. The number of anilines is 2. The van der Waals surface area contributed by atoms with Crippen molar-refractivity contribution in [1.29, 1.82) is 0 Å². The Morgan fingerprint density at radius 1 is 1.09 bits per heavy atom. The predicted octanol–water partition coefficient (Wildman–Crippen LogP) is 3.66. The van der Waals surface area contributed by atoms with Crippen LogP contribution in [0.1, 0.15) is 22.8 Å². The molecule has 4 heterocycles. The number of hydrogen-bond donors (Lipinski definition) is 1. The van der Waals surface area contributed by atoms with E-state index in [-0.39, 0.29) is 37.2 Å². The van der Waals surface area contributed by atoms with Gasteiger partial charge in [-0.05, 0) is 25.5 Å².